The molecule has 0 amide bonds. The molecule has 0 atom stereocenters. The fourth-order valence-electron chi connectivity index (χ4n) is 5.40. The number of aromatic amines is 1. The maximum absolute atomic E-state index is 13.9. The first-order valence-corrected chi connectivity index (χ1v) is 12.7. The largest absolute Gasteiger partial charge is 0.478 e. The van der Waals surface area contributed by atoms with Crippen LogP contribution in [0.5, 0.6) is 0 Å². The number of hydrogen-bond donors (Lipinski definition) is 3. The number of H-pyrrole nitrogens is 1. The van der Waals surface area contributed by atoms with Crippen LogP contribution in [0.1, 0.15) is 43.0 Å². The molecule has 1 heterocycles. The van der Waals surface area contributed by atoms with Crippen LogP contribution in [0, 0.1) is 13.8 Å². The Morgan fingerprint density at radius 2 is 1.23 bits per heavy atom. The third kappa shape index (κ3) is 4.18. The van der Waals surface area contributed by atoms with Crippen molar-refractivity contribution >= 4 is 55.3 Å². The van der Waals surface area contributed by atoms with Gasteiger partial charge < -0.3 is 15.2 Å². The van der Waals surface area contributed by atoms with E-state index in [1.54, 1.807) is 12.1 Å². The molecule has 6 aromatic rings. The first kappa shape index (κ1) is 25.0. The van der Waals surface area contributed by atoms with E-state index in [0.717, 1.165) is 17.2 Å². The molecule has 1 aromatic heterocycles. The third-order valence-corrected chi connectivity index (χ3v) is 7.35. The molecule has 7 heteroatoms. The van der Waals surface area contributed by atoms with Crippen molar-refractivity contribution in [1.29, 1.82) is 0 Å². The summed E-state index contributed by atoms with van der Waals surface area (Å²) in [6.07, 6.45) is 0.144. The quantitative estimate of drug-likeness (QED) is 0.242. The molecule has 7 nitrogen and oxygen atoms in total. The van der Waals surface area contributed by atoms with Gasteiger partial charge in [-0.05, 0) is 90.7 Å². The topological polar surface area (TPSA) is 125 Å². The number of benzene rings is 4. The van der Waals surface area contributed by atoms with Crippen LogP contribution < -0.4 is 10.9 Å². The minimum atomic E-state index is -1.24. The second-order valence-corrected chi connectivity index (χ2v) is 10.2. The smallest absolute Gasteiger partial charge is 0.335 e. The summed E-state index contributed by atoms with van der Waals surface area (Å²) in [5.41, 5.74) is 3.53. The highest BCUT2D eigenvalue weighted by Gasteiger charge is 2.16. The van der Waals surface area contributed by atoms with Gasteiger partial charge in [0.25, 0.3) is 0 Å². The van der Waals surface area contributed by atoms with Gasteiger partial charge in [0.05, 0.1) is 16.6 Å². The van der Waals surface area contributed by atoms with Gasteiger partial charge in [-0.3, -0.25) is 9.59 Å². The lowest BCUT2D eigenvalue weighted by Gasteiger charge is -2.09. The second-order valence-electron chi connectivity index (χ2n) is 10.2. The summed E-state index contributed by atoms with van der Waals surface area (Å²) in [5.74, 6) is -2.48. The lowest BCUT2D eigenvalue weighted by atomic mass is 9.96. The van der Waals surface area contributed by atoms with Crippen LogP contribution in [0.15, 0.2) is 82.4 Å². The molecule has 0 saturated heterocycles. The third-order valence-electron chi connectivity index (χ3n) is 7.35. The molecule has 0 aliphatic rings. The molecule has 196 valence electrons. The molecule has 6 rings (SSSR count). The molecule has 3 N–H and O–H groups in total. The first-order chi connectivity index (χ1) is 19.1. The highest BCUT2D eigenvalue weighted by atomic mass is 16.4. The van der Waals surface area contributed by atoms with Crippen LogP contribution in [0.2, 0.25) is 0 Å². The molecule has 0 unspecified atom stereocenters. The van der Waals surface area contributed by atoms with Crippen LogP contribution in [-0.2, 0) is 6.42 Å². The van der Waals surface area contributed by atoms with Crippen LogP contribution in [-0.4, -0.2) is 27.1 Å². The van der Waals surface area contributed by atoms with Gasteiger partial charge in [-0.15, -0.1) is 0 Å². The number of hydrogen-bond acceptors (Lipinski definition) is 4. The Hall–Kier alpha value is -5.30. The highest BCUT2D eigenvalue weighted by Crippen LogP contribution is 2.28. The predicted molar refractivity (Wildman–Crippen MR) is 156 cm³/mol. The van der Waals surface area contributed by atoms with Gasteiger partial charge in [-0.25, -0.2) is 9.59 Å². The van der Waals surface area contributed by atoms with E-state index < -0.39 is 11.9 Å². The van der Waals surface area contributed by atoms with Gasteiger partial charge >= 0.3 is 11.9 Å². The van der Waals surface area contributed by atoms with Gasteiger partial charge in [0.2, 0.25) is 0 Å². The molecule has 0 radical (unpaired) electrons. The number of fused-ring (bicyclic) bond motifs is 4. The van der Waals surface area contributed by atoms with Crippen molar-refractivity contribution in [2.24, 2.45) is 0 Å². The Bertz CT molecular complexity index is 2180. The summed E-state index contributed by atoms with van der Waals surface area (Å²) in [6.45, 7) is 3.82. The van der Waals surface area contributed by atoms with Gasteiger partial charge in [0.15, 0.2) is 10.9 Å². The lowest BCUT2D eigenvalue weighted by Crippen LogP contribution is -2.07. The van der Waals surface area contributed by atoms with Crippen molar-refractivity contribution in [3.05, 3.63) is 127 Å². The molecular weight excluding hydrogens is 506 g/mol. The van der Waals surface area contributed by atoms with E-state index >= 15 is 0 Å². The minimum absolute atomic E-state index is 0.144. The monoisotopic (exact) mass is 529 g/mol. The SMILES string of the molecule is Cc1ccc2cc(Cc3cc(C(=O)O)cc(C(=O)O)c3)c3cc4c(=O)c5cc(C)ccc5[nH]c4cc3c(=O)c2c1. The van der Waals surface area contributed by atoms with Crippen LogP contribution in [0.4, 0.5) is 0 Å². The Balaban J connectivity index is 1.74. The Morgan fingerprint density at radius 3 is 1.90 bits per heavy atom. The van der Waals surface area contributed by atoms with Crippen molar-refractivity contribution in [3.8, 4) is 0 Å². The number of nitrogens with one attached hydrogen (secondary N) is 1. The number of aryl methyl sites for hydroxylation is 2. The van der Waals surface area contributed by atoms with Gasteiger partial charge in [-0.2, -0.15) is 0 Å². The number of carboxylic acids is 2. The Labute approximate surface area is 227 Å². The first-order valence-electron chi connectivity index (χ1n) is 12.7. The van der Waals surface area contributed by atoms with Crippen molar-refractivity contribution in [2.75, 3.05) is 0 Å². The second kappa shape index (κ2) is 9.17. The minimum Gasteiger partial charge on any atom is -0.478 e. The van der Waals surface area contributed by atoms with Crippen molar-refractivity contribution < 1.29 is 19.8 Å². The maximum Gasteiger partial charge on any atom is 0.335 e. The van der Waals surface area contributed by atoms with Crippen molar-refractivity contribution in [3.63, 3.8) is 0 Å². The van der Waals surface area contributed by atoms with E-state index in [1.165, 1.54) is 12.1 Å². The van der Waals surface area contributed by atoms with E-state index in [4.69, 9.17) is 0 Å². The van der Waals surface area contributed by atoms with Gasteiger partial charge in [0.1, 0.15) is 0 Å². The summed E-state index contributed by atoms with van der Waals surface area (Å²) in [4.78, 5) is 54.3. The van der Waals surface area contributed by atoms with Crippen molar-refractivity contribution in [1.82, 2.24) is 4.98 Å². The molecule has 0 bridgehead atoms. The average Bonchev–Trinajstić information content (AvgIpc) is 3.02. The molecule has 40 heavy (non-hydrogen) atoms. The maximum atomic E-state index is 13.9. The molecule has 0 aliphatic carbocycles. The molecule has 0 aliphatic heterocycles. The molecular formula is C33H23NO6. The normalized spacial score (nSPS) is 11.4. The summed E-state index contributed by atoms with van der Waals surface area (Å²) < 4.78 is 0. The van der Waals surface area contributed by atoms with E-state index in [-0.39, 0.29) is 28.4 Å². The molecule has 0 spiro atoms. The zero-order valence-electron chi connectivity index (χ0n) is 21.7. The Morgan fingerprint density at radius 1 is 0.625 bits per heavy atom. The molecule has 0 fully saturated rings. The lowest BCUT2D eigenvalue weighted by molar-refractivity contribution is 0.0696. The number of aromatic nitrogens is 1. The fraction of sp³-hybridized carbons (Fsp3) is 0.0909. The van der Waals surface area contributed by atoms with Crippen LogP contribution >= 0.6 is 0 Å². The van der Waals surface area contributed by atoms with Crippen LogP contribution in [0.25, 0.3) is 43.4 Å². The number of rotatable bonds is 4. The van der Waals surface area contributed by atoms with Crippen molar-refractivity contribution in [2.45, 2.75) is 20.3 Å². The fourth-order valence-corrected chi connectivity index (χ4v) is 5.40. The number of pyridine rings is 1. The summed E-state index contributed by atoms with van der Waals surface area (Å²) in [5, 5.41) is 22.3. The molecule has 5 aromatic carbocycles. The standard InChI is InChI=1S/C33H23NO6/c1-16-3-5-19-12-20(9-18-10-21(32(37)38)13-22(11-18)33(39)40)23-14-27-29(15-25(23)30(35)24(19)7-16)34-28-6-4-17(2)8-26(28)31(27)36/h3-8,10-15H,9H2,1-2H3,(H,34,36)(H,37,38)(H,39,40). The number of aromatic carboxylic acids is 2. The highest BCUT2D eigenvalue weighted by molar-refractivity contribution is 6.05. The van der Waals surface area contributed by atoms with Gasteiger partial charge in [-0.1, -0.05) is 35.4 Å². The van der Waals surface area contributed by atoms with E-state index in [0.29, 0.717) is 54.5 Å². The summed E-state index contributed by atoms with van der Waals surface area (Å²) in [7, 11) is 0. The zero-order valence-corrected chi connectivity index (χ0v) is 21.7. The number of carbonyl (C=O) groups is 2. The summed E-state index contributed by atoms with van der Waals surface area (Å²) in [6, 6.07) is 20.4. The van der Waals surface area contributed by atoms with E-state index in [9.17, 15) is 29.4 Å². The molecule has 0 saturated carbocycles. The number of carboxylic acid groups (broad SMARTS) is 2. The summed E-state index contributed by atoms with van der Waals surface area (Å²) >= 11 is 0. The van der Waals surface area contributed by atoms with Crippen LogP contribution in [0.3, 0.4) is 0 Å². The zero-order chi connectivity index (χ0) is 28.3. The predicted octanol–water partition coefficient (Wildman–Crippen LogP) is 5.95. The van der Waals surface area contributed by atoms with Gasteiger partial charge in [0, 0.05) is 27.1 Å². The average molecular weight is 530 g/mol. The van der Waals surface area contributed by atoms with E-state index in [2.05, 4.69) is 4.98 Å². The van der Waals surface area contributed by atoms with E-state index in [1.807, 2.05) is 56.3 Å². The Kier molecular flexibility index (Phi) is 5.73.